The van der Waals surface area contributed by atoms with Crippen molar-refractivity contribution < 1.29 is 0 Å². The number of rotatable bonds is 4. The van der Waals surface area contributed by atoms with Crippen molar-refractivity contribution in [3.8, 4) is 0 Å². The topological polar surface area (TPSA) is 0 Å². The highest BCUT2D eigenvalue weighted by Crippen LogP contribution is 2.47. The van der Waals surface area contributed by atoms with Crippen LogP contribution in [-0.2, 0) is 10.9 Å². The van der Waals surface area contributed by atoms with E-state index in [0.717, 1.165) is 5.25 Å². The molecule has 1 aliphatic heterocycles. The molecule has 0 nitrogen and oxygen atoms in total. The summed E-state index contributed by atoms with van der Waals surface area (Å²) in [4.78, 5) is 6.06. The smallest absolute Gasteiger partial charge is 0.0795 e. The van der Waals surface area contributed by atoms with E-state index in [9.17, 15) is 0 Å². The Morgan fingerprint density at radius 2 is 1.45 bits per heavy atom. The maximum Gasteiger partial charge on any atom is 0.174 e. The maximum atomic E-state index is 2.35. The molecule has 1 unspecified atom stereocenters. The lowest BCUT2D eigenvalue weighted by Gasteiger charge is -2.24. The fraction of sp³-hybridized carbons (Fsp3) is 0.333. The summed E-state index contributed by atoms with van der Waals surface area (Å²) in [5, 5.41) is 0.781. The number of hydrogen-bond donors (Lipinski definition) is 0. The van der Waals surface area contributed by atoms with Crippen LogP contribution in [0.15, 0.2) is 68.1 Å². The molecular weight excluding hydrogens is 280 g/mol. The van der Waals surface area contributed by atoms with E-state index >= 15 is 0 Å². The molecule has 0 fully saturated rings. The Morgan fingerprint density at radius 3 is 1.95 bits per heavy atom. The molecular formula is C18H21S2+. The molecule has 0 saturated carbocycles. The van der Waals surface area contributed by atoms with Gasteiger partial charge in [-0.1, -0.05) is 56.3 Å². The average molecular weight is 302 g/mol. The summed E-state index contributed by atoms with van der Waals surface area (Å²) in [6, 6.07) is 18.0. The second-order valence-corrected chi connectivity index (χ2v) is 8.46. The molecule has 2 heteroatoms. The first-order chi connectivity index (χ1) is 9.85. The summed E-state index contributed by atoms with van der Waals surface area (Å²) in [6.07, 6.45) is 3.87. The van der Waals surface area contributed by atoms with Gasteiger partial charge in [-0.25, -0.2) is 0 Å². The molecule has 1 heterocycles. The minimum Gasteiger partial charge on any atom is -0.0795 e. The third-order valence-corrected chi connectivity index (χ3v) is 8.10. The van der Waals surface area contributed by atoms with Crippen molar-refractivity contribution in [1.29, 1.82) is 0 Å². The van der Waals surface area contributed by atoms with Gasteiger partial charge in [-0.05, 0) is 37.1 Å². The van der Waals surface area contributed by atoms with E-state index in [1.807, 2.05) is 11.8 Å². The van der Waals surface area contributed by atoms with Crippen LogP contribution in [-0.4, -0.2) is 5.25 Å². The van der Waals surface area contributed by atoms with E-state index in [1.165, 1.54) is 29.1 Å². The van der Waals surface area contributed by atoms with Gasteiger partial charge in [0.1, 0.15) is 5.25 Å². The molecule has 2 aromatic rings. The normalized spacial score (nSPS) is 15.5. The average Bonchev–Trinajstić information content (AvgIpc) is 2.50. The first-order valence-electron chi connectivity index (χ1n) is 7.44. The van der Waals surface area contributed by atoms with Crippen molar-refractivity contribution in [2.75, 3.05) is 0 Å². The molecule has 0 spiro atoms. The molecule has 1 aliphatic rings. The first-order valence-corrected chi connectivity index (χ1v) is 9.54. The van der Waals surface area contributed by atoms with Crippen molar-refractivity contribution in [2.24, 2.45) is 0 Å². The molecule has 20 heavy (non-hydrogen) atoms. The molecule has 0 aliphatic carbocycles. The third-order valence-electron chi connectivity index (χ3n) is 3.79. The Labute approximate surface area is 129 Å². The summed E-state index contributed by atoms with van der Waals surface area (Å²) in [6.45, 7) is 4.66. The summed E-state index contributed by atoms with van der Waals surface area (Å²) in [5.74, 6) is 0. The quantitative estimate of drug-likeness (QED) is 0.646. The molecule has 104 valence electrons. The van der Waals surface area contributed by atoms with Gasteiger partial charge < -0.3 is 0 Å². The predicted molar refractivity (Wildman–Crippen MR) is 89.9 cm³/mol. The summed E-state index contributed by atoms with van der Waals surface area (Å²) in [7, 11) is 0.247. The van der Waals surface area contributed by atoms with Gasteiger partial charge in [-0.3, -0.25) is 0 Å². The Morgan fingerprint density at radius 1 is 0.900 bits per heavy atom. The van der Waals surface area contributed by atoms with Gasteiger partial charge in [-0.2, -0.15) is 0 Å². The van der Waals surface area contributed by atoms with E-state index in [2.05, 4.69) is 62.4 Å². The van der Waals surface area contributed by atoms with E-state index in [4.69, 9.17) is 0 Å². The summed E-state index contributed by atoms with van der Waals surface area (Å²) >= 11 is 1.94. The SMILES string of the molecule is CCCC(CC)[S+]1c2ccccc2Sc2ccccc21. The first kappa shape index (κ1) is 14.1. The minimum atomic E-state index is 0.247. The summed E-state index contributed by atoms with van der Waals surface area (Å²) < 4.78 is 0. The monoisotopic (exact) mass is 301 g/mol. The van der Waals surface area contributed by atoms with Crippen molar-refractivity contribution in [1.82, 2.24) is 0 Å². The Balaban J connectivity index is 2.11. The van der Waals surface area contributed by atoms with Gasteiger partial charge >= 0.3 is 0 Å². The van der Waals surface area contributed by atoms with Crippen LogP contribution in [0.25, 0.3) is 0 Å². The molecule has 0 bridgehead atoms. The van der Waals surface area contributed by atoms with Crippen LogP contribution in [0.4, 0.5) is 0 Å². The zero-order valence-electron chi connectivity index (χ0n) is 12.1. The second-order valence-electron chi connectivity index (χ2n) is 5.15. The van der Waals surface area contributed by atoms with E-state index in [1.54, 1.807) is 9.79 Å². The van der Waals surface area contributed by atoms with Gasteiger partial charge in [0, 0.05) is 0 Å². The molecule has 0 saturated heterocycles. The fourth-order valence-corrected chi connectivity index (χ4v) is 7.27. The Bertz CT molecular complexity index is 546. The van der Waals surface area contributed by atoms with Crippen molar-refractivity contribution in [3.05, 3.63) is 48.5 Å². The largest absolute Gasteiger partial charge is 0.174 e. The van der Waals surface area contributed by atoms with Gasteiger partial charge in [0.25, 0.3) is 0 Å². The zero-order valence-corrected chi connectivity index (χ0v) is 13.8. The van der Waals surface area contributed by atoms with Crippen molar-refractivity contribution in [3.63, 3.8) is 0 Å². The maximum absolute atomic E-state index is 2.35. The number of benzene rings is 2. The van der Waals surface area contributed by atoms with Crippen molar-refractivity contribution >= 4 is 22.7 Å². The highest BCUT2D eigenvalue weighted by atomic mass is 32.2. The molecule has 0 amide bonds. The highest BCUT2D eigenvalue weighted by molar-refractivity contribution is 8.04. The van der Waals surface area contributed by atoms with E-state index in [0.29, 0.717) is 0 Å². The fourth-order valence-electron chi connectivity index (χ4n) is 2.84. The van der Waals surface area contributed by atoms with E-state index in [-0.39, 0.29) is 10.9 Å². The van der Waals surface area contributed by atoms with Crippen LogP contribution < -0.4 is 0 Å². The van der Waals surface area contributed by atoms with Gasteiger partial charge in [-0.15, -0.1) is 0 Å². The Kier molecular flexibility index (Phi) is 4.42. The lowest BCUT2D eigenvalue weighted by molar-refractivity contribution is 0.709. The Hall–Kier alpha value is -0.860. The van der Waals surface area contributed by atoms with Crippen LogP contribution in [0.2, 0.25) is 0 Å². The van der Waals surface area contributed by atoms with E-state index < -0.39 is 0 Å². The number of fused-ring (bicyclic) bond motifs is 2. The number of hydrogen-bond acceptors (Lipinski definition) is 1. The predicted octanol–water partition coefficient (Wildman–Crippen LogP) is 5.77. The molecule has 1 atom stereocenters. The second kappa shape index (κ2) is 6.28. The van der Waals surface area contributed by atoms with Crippen LogP contribution in [0.3, 0.4) is 0 Å². The standard InChI is InChI=1S/C18H21S2/c1-3-9-14(4-2)20-17-12-7-5-10-15(17)19-16-11-6-8-13-18(16)20/h5-8,10-14H,3-4,9H2,1-2H3/q+1. The lowest BCUT2D eigenvalue weighted by atomic mass is 10.2. The molecule has 2 aromatic carbocycles. The van der Waals surface area contributed by atoms with Crippen LogP contribution >= 0.6 is 11.8 Å². The van der Waals surface area contributed by atoms with Crippen LogP contribution in [0.1, 0.15) is 33.1 Å². The van der Waals surface area contributed by atoms with Gasteiger partial charge in [0.05, 0.1) is 20.7 Å². The van der Waals surface area contributed by atoms with Crippen LogP contribution in [0, 0.1) is 0 Å². The van der Waals surface area contributed by atoms with Gasteiger partial charge in [0.2, 0.25) is 0 Å². The third kappa shape index (κ3) is 2.51. The molecule has 0 radical (unpaired) electrons. The molecule has 3 rings (SSSR count). The van der Waals surface area contributed by atoms with Gasteiger partial charge in [0.15, 0.2) is 9.79 Å². The highest BCUT2D eigenvalue weighted by Gasteiger charge is 2.40. The summed E-state index contributed by atoms with van der Waals surface area (Å²) in [5.41, 5.74) is 0. The zero-order chi connectivity index (χ0) is 13.9. The minimum absolute atomic E-state index is 0.247. The van der Waals surface area contributed by atoms with Crippen LogP contribution in [0.5, 0.6) is 0 Å². The molecule has 0 N–H and O–H groups in total. The van der Waals surface area contributed by atoms with Crippen molar-refractivity contribution in [2.45, 2.75) is 57.9 Å². The molecule has 0 aromatic heterocycles. The lowest BCUT2D eigenvalue weighted by Crippen LogP contribution is -2.24.